The highest BCUT2D eigenvalue weighted by Gasteiger charge is 2.37. The Bertz CT molecular complexity index is 3040. The number of rotatable bonds is 6. The molecule has 9 aromatic carbocycles. The van der Waals surface area contributed by atoms with Crippen molar-refractivity contribution >= 4 is 40.0 Å². The second-order valence-electron chi connectivity index (χ2n) is 16.3. The van der Waals surface area contributed by atoms with E-state index in [-0.39, 0.29) is 0 Å². The van der Waals surface area contributed by atoms with Crippen molar-refractivity contribution in [3.05, 3.63) is 212 Å². The highest BCUT2D eigenvalue weighted by atomic mass is 28.3. The highest BCUT2D eigenvalue weighted by molar-refractivity contribution is 7.03. The molecule has 2 heterocycles. The van der Waals surface area contributed by atoms with Gasteiger partial charge in [0.15, 0.2) is 0 Å². The third-order valence-electron chi connectivity index (χ3n) is 12.5. The van der Waals surface area contributed by atoms with E-state index in [1.807, 2.05) is 0 Å². The molecule has 0 radical (unpaired) electrons. The molecule has 0 aliphatic carbocycles. The van der Waals surface area contributed by atoms with Crippen molar-refractivity contribution in [3.63, 3.8) is 0 Å². The van der Waals surface area contributed by atoms with Crippen LogP contribution in [0.2, 0.25) is 13.1 Å². The second kappa shape index (κ2) is 14.1. The largest absolute Gasteiger partial charge is 0.248 e. The Labute approximate surface area is 347 Å². The van der Waals surface area contributed by atoms with Gasteiger partial charge in [-0.3, -0.25) is 0 Å². The van der Waals surface area contributed by atoms with Gasteiger partial charge < -0.3 is 0 Å². The zero-order chi connectivity index (χ0) is 39.5. The average Bonchev–Trinajstić information content (AvgIpc) is 3.53. The summed E-state index contributed by atoms with van der Waals surface area (Å²) >= 11 is 0. The van der Waals surface area contributed by atoms with Crippen LogP contribution in [0.25, 0.3) is 99.7 Å². The van der Waals surface area contributed by atoms with Crippen molar-refractivity contribution in [1.82, 2.24) is 4.98 Å². The van der Waals surface area contributed by atoms with Crippen LogP contribution in [0.5, 0.6) is 0 Å². The Balaban J connectivity index is 1.12. The monoisotopic (exact) mass is 767 g/mol. The van der Waals surface area contributed by atoms with Crippen LogP contribution in [0.1, 0.15) is 0 Å². The van der Waals surface area contributed by atoms with Gasteiger partial charge in [-0.15, -0.1) is 0 Å². The Morgan fingerprint density at radius 1 is 0.288 bits per heavy atom. The Morgan fingerprint density at radius 3 is 1.27 bits per heavy atom. The summed E-state index contributed by atoms with van der Waals surface area (Å²) in [5.41, 5.74) is 16.6. The molecule has 278 valence electrons. The maximum Gasteiger partial charge on any atom is 0.113 e. The average molecular weight is 768 g/mol. The third-order valence-corrected chi connectivity index (χ3v) is 16.1. The number of hydrogen-bond acceptors (Lipinski definition) is 1. The minimum atomic E-state index is -1.78. The van der Waals surface area contributed by atoms with E-state index in [0.717, 1.165) is 33.6 Å². The van der Waals surface area contributed by atoms with E-state index < -0.39 is 8.07 Å². The summed E-state index contributed by atoms with van der Waals surface area (Å²) in [5, 5.41) is 7.92. The van der Waals surface area contributed by atoms with Gasteiger partial charge in [0.25, 0.3) is 0 Å². The summed E-state index contributed by atoms with van der Waals surface area (Å²) in [6.45, 7) is 4.98. The lowest BCUT2D eigenvalue weighted by atomic mass is 9.86. The molecule has 2 heteroatoms. The smallest absolute Gasteiger partial charge is 0.113 e. The van der Waals surface area contributed by atoms with Crippen LogP contribution >= 0.6 is 0 Å². The minimum Gasteiger partial charge on any atom is -0.248 e. The Morgan fingerprint density at radius 2 is 0.695 bits per heavy atom. The first kappa shape index (κ1) is 35.1. The molecule has 10 aromatic rings. The van der Waals surface area contributed by atoms with Crippen LogP contribution in [0, 0.1) is 0 Å². The molecule has 1 aromatic heterocycles. The molecule has 0 N–H and O–H groups in total. The Kier molecular flexibility index (Phi) is 8.35. The quantitative estimate of drug-likeness (QED) is 0.121. The van der Waals surface area contributed by atoms with Gasteiger partial charge in [0.05, 0.1) is 11.4 Å². The van der Waals surface area contributed by atoms with Gasteiger partial charge in [0, 0.05) is 11.1 Å². The Hall–Kier alpha value is -7.13. The zero-order valence-corrected chi connectivity index (χ0v) is 34.2. The number of benzene rings is 9. The summed E-state index contributed by atoms with van der Waals surface area (Å²) in [5.74, 6) is 0. The summed E-state index contributed by atoms with van der Waals surface area (Å²) in [4.78, 5) is 5.56. The topological polar surface area (TPSA) is 12.9 Å². The van der Waals surface area contributed by atoms with Crippen molar-refractivity contribution in [3.8, 4) is 78.1 Å². The van der Waals surface area contributed by atoms with Crippen LogP contribution in [0.3, 0.4) is 0 Å². The van der Waals surface area contributed by atoms with Gasteiger partial charge in [-0.25, -0.2) is 4.98 Å². The maximum atomic E-state index is 5.56. The molecule has 1 aliphatic heterocycles. The van der Waals surface area contributed by atoms with E-state index in [2.05, 4.69) is 225 Å². The molecule has 0 spiro atoms. The molecule has 0 atom stereocenters. The van der Waals surface area contributed by atoms with E-state index in [1.54, 1.807) is 0 Å². The van der Waals surface area contributed by atoms with Crippen molar-refractivity contribution in [2.45, 2.75) is 13.1 Å². The fourth-order valence-corrected chi connectivity index (χ4v) is 12.6. The number of pyridine rings is 1. The summed E-state index contributed by atoms with van der Waals surface area (Å²) in [7, 11) is -1.78. The second-order valence-corrected chi connectivity index (χ2v) is 20.6. The number of nitrogens with zero attached hydrogens (tertiary/aromatic N) is 1. The SMILES string of the molecule is C[Si]1(C)c2ccccc2-c2cc(-c3c4ccccc4c(-c4cc(-c5ccc(-c6ccccc6)cc5)cc(-c5ccc(-c6ccccc6)cc5)n4)c4ccccc34)ccc21. The van der Waals surface area contributed by atoms with Gasteiger partial charge in [0.2, 0.25) is 0 Å². The van der Waals surface area contributed by atoms with Gasteiger partial charge >= 0.3 is 0 Å². The van der Waals surface area contributed by atoms with Crippen LogP contribution in [0.15, 0.2) is 212 Å². The fraction of sp³-hybridized carbons (Fsp3) is 0.0351. The maximum absolute atomic E-state index is 5.56. The number of aromatic nitrogens is 1. The van der Waals surface area contributed by atoms with Crippen LogP contribution in [0.4, 0.5) is 0 Å². The highest BCUT2D eigenvalue weighted by Crippen LogP contribution is 2.45. The molecule has 0 saturated heterocycles. The van der Waals surface area contributed by atoms with Crippen molar-refractivity contribution in [2.24, 2.45) is 0 Å². The van der Waals surface area contributed by atoms with Crippen LogP contribution < -0.4 is 10.4 Å². The van der Waals surface area contributed by atoms with E-state index >= 15 is 0 Å². The van der Waals surface area contributed by atoms with Crippen molar-refractivity contribution in [2.75, 3.05) is 0 Å². The summed E-state index contributed by atoms with van der Waals surface area (Å²) in [6.07, 6.45) is 0. The van der Waals surface area contributed by atoms with Gasteiger partial charge in [-0.1, -0.05) is 207 Å². The van der Waals surface area contributed by atoms with Crippen molar-refractivity contribution < 1.29 is 0 Å². The first-order chi connectivity index (χ1) is 29.0. The van der Waals surface area contributed by atoms with Gasteiger partial charge in [-0.05, 0) is 106 Å². The van der Waals surface area contributed by atoms with E-state index in [1.165, 1.54) is 76.4 Å². The van der Waals surface area contributed by atoms with Gasteiger partial charge in [-0.2, -0.15) is 0 Å². The summed E-state index contributed by atoms with van der Waals surface area (Å²) < 4.78 is 0. The molecule has 1 aliphatic rings. The van der Waals surface area contributed by atoms with E-state index in [4.69, 9.17) is 4.98 Å². The molecule has 59 heavy (non-hydrogen) atoms. The van der Waals surface area contributed by atoms with Crippen molar-refractivity contribution in [1.29, 1.82) is 0 Å². The molecule has 1 nitrogen and oxygen atoms in total. The predicted molar refractivity (Wildman–Crippen MR) is 254 cm³/mol. The molecular formula is C57H41NSi. The molecule has 0 unspecified atom stereocenters. The molecule has 0 fully saturated rings. The number of fused-ring (bicyclic) bond motifs is 5. The molecule has 0 saturated carbocycles. The first-order valence-electron chi connectivity index (χ1n) is 20.5. The summed E-state index contributed by atoms with van der Waals surface area (Å²) in [6, 6.07) is 77.8. The van der Waals surface area contributed by atoms with Crippen LogP contribution in [-0.2, 0) is 0 Å². The first-order valence-corrected chi connectivity index (χ1v) is 23.5. The molecule has 0 bridgehead atoms. The predicted octanol–water partition coefficient (Wildman–Crippen LogP) is 14.2. The lowest BCUT2D eigenvalue weighted by Crippen LogP contribution is -2.49. The fourth-order valence-electron chi connectivity index (χ4n) is 9.51. The van der Waals surface area contributed by atoms with Gasteiger partial charge in [0.1, 0.15) is 8.07 Å². The van der Waals surface area contributed by atoms with E-state index in [0.29, 0.717) is 0 Å². The number of hydrogen-bond donors (Lipinski definition) is 0. The standard InChI is InChI=1S/C57H41NSi/c1-59(2)54-24-14-13-19-46(54)51-35-44(33-34-55(51)59)56-47-20-9-11-22-49(47)57(50-23-12-10-21-48(50)56)53-37-45(42-27-25-40(26-28-42)38-15-5-3-6-16-38)36-52(58-53)43-31-29-41(30-32-43)39-17-7-4-8-18-39/h3-37H,1-2H3. The minimum absolute atomic E-state index is 0.950. The lowest BCUT2D eigenvalue weighted by molar-refractivity contribution is 1.33. The normalized spacial score (nSPS) is 12.7. The molecule has 11 rings (SSSR count). The third kappa shape index (κ3) is 5.95. The zero-order valence-electron chi connectivity index (χ0n) is 33.2. The molecular weight excluding hydrogens is 727 g/mol. The van der Waals surface area contributed by atoms with Crippen LogP contribution in [-0.4, -0.2) is 13.1 Å². The molecule has 0 amide bonds. The van der Waals surface area contributed by atoms with E-state index in [9.17, 15) is 0 Å². The lowest BCUT2D eigenvalue weighted by Gasteiger charge is -2.20.